The van der Waals surface area contributed by atoms with Gasteiger partial charge in [0.05, 0.1) is 46.9 Å². The highest BCUT2D eigenvalue weighted by Gasteiger charge is 2.72. The highest BCUT2D eigenvalue weighted by molar-refractivity contribution is 6.23. The van der Waals surface area contributed by atoms with Crippen molar-refractivity contribution in [2.24, 2.45) is 11.8 Å². The van der Waals surface area contributed by atoms with Gasteiger partial charge in [0.25, 0.3) is 0 Å². The predicted molar refractivity (Wildman–Crippen MR) is 88.7 cm³/mol. The standard InChI is InChI=1S/C19H15F3N2O4/c1-17-6-10(8-25)18(2,28-17)14-13(17)15(26)24(16(14)27)11-4-3-9(7-23)12(5-11)19(20,21)22/h3-6,13-14,25H,8H2,1-2H3/t13-,14+,17?,18?/m1/s1. The number of fused-ring (bicyclic) bond motifs is 5. The molecule has 1 aromatic rings. The lowest BCUT2D eigenvalue weighted by atomic mass is 9.69. The number of imide groups is 1. The summed E-state index contributed by atoms with van der Waals surface area (Å²) in [6.45, 7) is 2.86. The number of carbonyl (C=O) groups excluding carboxylic acids is 2. The fraction of sp³-hybridized carbons (Fsp3) is 0.421. The minimum Gasteiger partial charge on any atom is -0.392 e. The summed E-state index contributed by atoms with van der Waals surface area (Å²) in [7, 11) is 0. The summed E-state index contributed by atoms with van der Waals surface area (Å²) in [6, 6.07) is 4.20. The van der Waals surface area contributed by atoms with E-state index >= 15 is 0 Å². The Kier molecular flexibility index (Phi) is 3.62. The Morgan fingerprint density at radius 2 is 1.89 bits per heavy atom. The van der Waals surface area contributed by atoms with Crippen LogP contribution < -0.4 is 4.90 Å². The summed E-state index contributed by atoms with van der Waals surface area (Å²) in [6.07, 6.45) is -3.20. The number of aliphatic hydroxyl groups excluding tert-OH is 1. The zero-order chi connectivity index (χ0) is 20.6. The fourth-order valence-electron chi connectivity index (χ4n) is 4.72. The maximum absolute atomic E-state index is 13.3. The molecule has 0 aromatic heterocycles. The first-order valence-corrected chi connectivity index (χ1v) is 8.50. The third kappa shape index (κ3) is 2.16. The topological polar surface area (TPSA) is 90.6 Å². The normalized spacial score (nSPS) is 33.9. The van der Waals surface area contributed by atoms with Crippen LogP contribution in [0.4, 0.5) is 18.9 Å². The van der Waals surface area contributed by atoms with Crippen LogP contribution >= 0.6 is 0 Å². The Hall–Kier alpha value is -2.70. The van der Waals surface area contributed by atoms with E-state index in [0.717, 1.165) is 17.0 Å². The van der Waals surface area contributed by atoms with E-state index in [1.54, 1.807) is 19.9 Å². The van der Waals surface area contributed by atoms with Gasteiger partial charge in [0.15, 0.2) is 0 Å². The van der Waals surface area contributed by atoms with Crippen LogP contribution in [0, 0.1) is 23.2 Å². The molecule has 0 saturated carbocycles. The van der Waals surface area contributed by atoms with E-state index in [-0.39, 0.29) is 12.3 Å². The molecule has 9 heteroatoms. The molecule has 4 atom stereocenters. The third-order valence-corrected chi connectivity index (χ3v) is 5.91. The molecule has 2 saturated heterocycles. The fourth-order valence-corrected chi connectivity index (χ4v) is 4.72. The molecule has 2 unspecified atom stereocenters. The first-order chi connectivity index (χ1) is 13.0. The third-order valence-electron chi connectivity index (χ3n) is 5.91. The smallest absolute Gasteiger partial charge is 0.392 e. The van der Waals surface area contributed by atoms with Crippen LogP contribution in [0.2, 0.25) is 0 Å². The monoisotopic (exact) mass is 392 g/mol. The number of ether oxygens (including phenoxy) is 1. The second kappa shape index (κ2) is 5.43. The van der Waals surface area contributed by atoms with Crippen LogP contribution in [-0.4, -0.2) is 34.7 Å². The van der Waals surface area contributed by atoms with Gasteiger partial charge in [-0.2, -0.15) is 18.4 Å². The molecule has 2 bridgehead atoms. The van der Waals surface area contributed by atoms with Gasteiger partial charge in [-0.15, -0.1) is 0 Å². The van der Waals surface area contributed by atoms with E-state index < -0.39 is 52.2 Å². The molecule has 0 aliphatic carbocycles. The Bertz CT molecular complexity index is 996. The maximum atomic E-state index is 13.3. The molecular formula is C19H15F3N2O4. The van der Waals surface area contributed by atoms with Gasteiger partial charge in [0.1, 0.15) is 5.60 Å². The number of carbonyl (C=O) groups is 2. The second-order valence-electron chi connectivity index (χ2n) is 7.53. The average Bonchev–Trinajstić information content (AvgIpc) is 3.14. The number of amides is 2. The number of halogens is 3. The minimum atomic E-state index is -4.81. The maximum Gasteiger partial charge on any atom is 0.417 e. The number of alkyl halides is 3. The van der Waals surface area contributed by atoms with Crippen molar-refractivity contribution in [1.29, 1.82) is 5.26 Å². The van der Waals surface area contributed by atoms with Gasteiger partial charge in [-0.05, 0) is 43.7 Å². The van der Waals surface area contributed by atoms with Gasteiger partial charge in [-0.25, -0.2) is 4.90 Å². The average molecular weight is 392 g/mol. The molecule has 1 aromatic carbocycles. The summed E-state index contributed by atoms with van der Waals surface area (Å²) in [5, 5.41) is 18.5. The molecule has 0 spiro atoms. The molecule has 146 valence electrons. The van der Waals surface area contributed by atoms with Crippen LogP contribution in [0.15, 0.2) is 29.8 Å². The highest BCUT2D eigenvalue weighted by atomic mass is 19.4. The van der Waals surface area contributed by atoms with Crippen molar-refractivity contribution >= 4 is 17.5 Å². The quantitative estimate of drug-likeness (QED) is 0.615. The molecule has 3 heterocycles. The van der Waals surface area contributed by atoms with Gasteiger partial charge in [0, 0.05) is 0 Å². The number of aliphatic hydroxyl groups is 1. The minimum absolute atomic E-state index is 0.243. The number of benzene rings is 1. The SMILES string of the molecule is CC12C=C(CO)C(C)(O1)[C@@H]1C(=O)N(c3ccc(C#N)c(C(F)(F)F)c3)C(=O)[C@@H]12. The lowest BCUT2D eigenvalue weighted by Gasteiger charge is -2.29. The highest BCUT2D eigenvalue weighted by Crippen LogP contribution is 2.60. The van der Waals surface area contributed by atoms with Crippen molar-refractivity contribution in [3.05, 3.63) is 41.0 Å². The molecule has 4 rings (SSSR count). The first-order valence-electron chi connectivity index (χ1n) is 8.50. The molecule has 3 aliphatic rings. The van der Waals surface area contributed by atoms with Gasteiger partial charge in [0.2, 0.25) is 11.8 Å². The van der Waals surface area contributed by atoms with Crippen LogP contribution in [0.1, 0.15) is 25.0 Å². The summed E-state index contributed by atoms with van der Waals surface area (Å²) in [5.74, 6) is -3.18. The van der Waals surface area contributed by atoms with Gasteiger partial charge >= 0.3 is 6.18 Å². The van der Waals surface area contributed by atoms with E-state index in [1.165, 1.54) is 6.07 Å². The molecule has 1 N–H and O–H groups in total. The summed E-state index contributed by atoms with van der Waals surface area (Å²) >= 11 is 0. The number of hydrogen-bond donors (Lipinski definition) is 1. The van der Waals surface area contributed by atoms with Crippen LogP contribution in [0.5, 0.6) is 0 Å². The van der Waals surface area contributed by atoms with Crippen molar-refractivity contribution in [2.45, 2.75) is 31.2 Å². The lowest BCUT2D eigenvalue weighted by Crippen LogP contribution is -2.42. The number of anilines is 1. The summed E-state index contributed by atoms with van der Waals surface area (Å²) < 4.78 is 45.8. The zero-order valence-electron chi connectivity index (χ0n) is 14.9. The Morgan fingerprint density at radius 1 is 1.25 bits per heavy atom. The van der Waals surface area contributed by atoms with E-state index in [4.69, 9.17) is 10.00 Å². The predicted octanol–water partition coefficient (Wildman–Crippen LogP) is 2.16. The Morgan fingerprint density at radius 3 is 2.46 bits per heavy atom. The van der Waals surface area contributed by atoms with Gasteiger partial charge < -0.3 is 9.84 Å². The van der Waals surface area contributed by atoms with Crippen molar-refractivity contribution in [2.75, 3.05) is 11.5 Å². The second-order valence-corrected chi connectivity index (χ2v) is 7.53. The van der Waals surface area contributed by atoms with Crippen molar-refractivity contribution in [3.63, 3.8) is 0 Å². The van der Waals surface area contributed by atoms with E-state index in [1.807, 2.05) is 0 Å². The number of nitrogens with zero attached hydrogens (tertiary/aromatic N) is 2. The lowest BCUT2D eigenvalue weighted by molar-refractivity contribution is -0.138. The molecular weight excluding hydrogens is 377 g/mol. The van der Waals surface area contributed by atoms with Crippen LogP contribution in [0.3, 0.4) is 0 Å². The molecule has 3 aliphatic heterocycles. The molecule has 28 heavy (non-hydrogen) atoms. The van der Waals surface area contributed by atoms with E-state index in [9.17, 15) is 27.9 Å². The van der Waals surface area contributed by atoms with E-state index in [2.05, 4.69) is 0 Å². The Balaban J connectivity index is 1.81. The number of rotatable bonds is 2. The van der Waals surface area contributed by atoms with Crippen LogP contribution in [-0.2, 0) is 20.5 Å². The molecule has 0 radical (unpaired) electrons. The molecule has 6 nitrogen and oxygen atoms in total. The summed E-state index contributed by atoms with van der Waals surface area (Å²) in [4.78, 5) is 26.8. The Labute approximate surface area is 157 Å². The zero-order valence-corrected chi connectivity index (χ0v) is 14.9. The largest absolute Gasteiger partial charge is 0.417 e. The van der Waals surface area contributed by atoms with Gasteiger partial charge in [-0.1, -0.05) is 0 Å². The van der Waals surface area contributed by atoms with Gasteiger partial charge in [-0.3, -0.25) is 9.59 Å². The first kappa shape index (κ1) is 18.7. The molecule has 2 amide bonds. The van der Waals surface area contributed by atoms with Crippen molar-refractivity contribution < 1.29 is 32.6 Å². The summed E-state index contributed by atoms with van der Waals surface area (Å²) in [5.41, 5.74) is -3.91. The van der Waals surface area contributed by atoms with Crippen molar-refractivity contribution in [3.8, 4) is 6.07 Å². The number of nitriles is 1. The number of hydrogen-bond acceptors (Lipinski definition) is 5. The van der Waals surface area contributed by atoms with Crippen molar-refractivity contribution in [1.82, 2.24) is 0 Å². The van der Waals surface area contributed by atoms with E-state index in [0.29, 0.717) is 11.6 Å². The molecule has 2 fully saturated rings. The van der Waals surface area contributed by atoms with Crippen LogP contribution in [0.25, 0.3) is 0 Å².